The number of carboxylic acids is 1. The van der Waals surface area contributed by atoms with E-state index < -0.39 is 11.6 Å². The normalized spacial score (nSPS) is 29.7. The number of amides is 1. The molecule has 3 fully saturated rings. The van der Waals surface area contributed by atoms with Gasteiger partial charge in [0.05, 0.1) is 23.5 Å². The molecule has 7 nitrogen and oxygen atoms in total. The maximum atomic E-state index is 13.5. The third kappa shape index (κ3) is 5.25. The molecule has 0 spiro atoms. The molecule has 4 atom stereocenters. The maximum Gasteiger partial charge on any atom is 0.306 e. The maximum absolute atomic E-state index is 13.5. The monoisotopic (exact) mass is 472 g/mol. The van der Waals surface area contributed by atoms with E-state index in [-0.39, 0.29) is 23.8 Å². The van der Waals surface area contributed by atoms with E-state index in [0.29, 0.717) is 57.0 Å². The molecule has 0 bridgehead atoms. The van der Waals surface area contributed by atoms with Crippen LogP contribution in [0, 0.1) is 11.8 Å². The van der Waals surface area contributed by atoms with Gasteiger partial charge in [0.1, 0.15) is 5.75 Å². The van der Waals surface area contributed by atoms with Gasteiger partial charge in [-0.25, -0.2) is 0 Å². The number of rotatable bonds is 7. The number of carbonyl (C=O) groups is 2. The zero-order chi connectivity index (χ0) is 24.3. The number of nitrogens with zero attached hydrogens (tertiary/aromatic N) is 2. The lowest BCUT2D eigenvalue weighted by Crippen LogP contribution is -2.53. The third-order valence-corrected chi connectivity index (χ3v) is 8.28. The molecule has 1 aromatic carbocycles. The molecule has 2 heterocycles. The number of likely N-dealkylation sites (tertiary alicyclic amines) is 2. The van der Waals surface area contributed by atoms with Crippen molar-refractivity contribution in [1.82, 2.24) is 9.80 Å². The number of hydrogen-bond donors (Lipinski definition) is 2. The lowest BCUT2D eigenvalue weighted by molar-refractivity contribution is -0.144. The number of carbonyl (C=O) groups excluding carboxylic acids is 1. The summed E-state index contributed by atoms with van der Waals surface area (Å²) < 4.78 is 6.22. The second kappa shape index (κ2) is 10.6. The van der Waals surface area contributed by atoms with Crippen molar-refractivity contribution in [3.8, 4) is 5.75 Å². The highest BCUT2D eigenvalue weighted by Gasteiger charge is 2.42. The first kappa shape index (κ1) is 25.0. The summed E-state index contributed by atoms with van der Waals surface area (Å²) in [5.41, 5.74) is -0.299. The van der Waals surface area contributed by atoms with Crippen LogP contribution in [0.25, 0.3) is 0 Å². The van der Waals surface area contributed by atoms with Gasteiger partial charge in [-0.2, -0.15) is 0 Å². The Morgan fingerprint density at radius 3 is 2.53 bits per heavy atom. The molecule has 188 valence electrons. The Morgan fingerprint density at radius 1 is 1.12 bits per heavy atom. The Balaban J connectivity index is 1.41. The van der Waals surface area contributed by atoms with Crippen molar-refractivity contribution in [2.24, 2.45) is 11.8 Å². The molecule has 1 aromatic rings. The van der Waals surface area contributed by atoms with Gasteiger partial charge in [0.2, 0.25) is 5.91 Å². The summed E-state index contributed by atoms with van der Waals surface area (Å²) in [6.07, 6.45) is 6.75. The summed E-state index contributed by atoms with van der Waals surface area (Å²) in [4.78, 5) is 29.1. The van der Waals surface area contributed by atoms with E-state index >= 15 is 0 Å². The first-order valence-electron chi connectivity index (χ1n) is 13.0. The Hall–Kier alpha value is -2.12. The molecule has 2 saturated heterocycles. The number of aliphatic hydroxyl groups is 1. The van der Waals surface area contributed by atoms with E-state index in [1.807, 2.05) is 29.2 Å². The van der Waals surface area contributed by atoms with Crippen molar-refractivity contribution < 1.29 is 24.5 Å². The number of carboxylic acid groups (broad SMARTS) is 1. The van der Waals surface area contributed by atoms with Crippen molar-refractivity contribution in [3.63, 3.8) is 0 Å². The van der Waals surface area contributed by atoms with Crippen LogP contribution in [0.4, 0.5) is 0 Å². The Bertz CT molecular complexity index is 866. The largest absolute Gasteiger partial charge is 0.490 e. The van der Waals surface area contributed by atoms with Crippen molar-refractivity contribution in [2.45, 2.75) is 82.5 Å². The fourth-order valence-electron chi connectivity index (χ4n) is 6.24. The van der Waals surface area contributed by atoms with Crippen molar-refractivity contribution in [3.05, 3.63) is 29.8 Å². The number of ether oxygens (including phenoxy) is 1. The molecule has 4 rings (SSSR count). The van der Waals surface area contributed by atoms with Crippen LogP contribution < -0.4 is 4.74 Å². The summed E-state index contributed by atoms with van der Waals surface area (Å²) in [7, 11) is 2.13. The predicted octanol–water partition coefficient (Wildman–Crippen LogP) is 3.64. The quantitative estimate of drug-likeness (QED) is 0.630. The third-order valence-electron chi connectivity index (χ3n) is 8.28. The summed E-state index contributed by atoms with van der Waals surface area (Å²) in [6, 6.07) is 7.87. The van der Waals surface area contributed by atoms with Crippen LogP contribution in [0.15, 0.2) is 24.3 Å². The number of para-hydroxylation sites is 1. The van der Waals surface area contributed by atoms with E-state index in [2.05, 4.69) is 18.9 Å². The number of piperidine rings is 2. The van der Waals surface area contributed by atoms with Gasteiger partial charge in [0.15, 0.2) is 0 Å². The van der Waals surface area contributed by atoms with Gasteiger partial charge in [-0.15, -0.1) is 0 Å². The lowest BCUT2D eigenvalue weighted by atomic mass is 9.82. The summed E-state index contributed by atoms with van der Waals surface area (Å²) in [5.74, 6) is -0.199. The first-order chi connectivity index (χ1) is 16.3. The Morgan fingerprint density at radius 2 is 1.85 bits per heavy atom. The van der Waals surface area contributed by atoms with Crippen LogP contribution in [0.3, 0.4) is 0 Å². The van der Waals surface area contributed by atoms with Crippen molar-refractivity contribution in [2.75, 3.05) is 26.7 Å². The van der Waals surface area contributed by atoms with Crippen LogP contribution >= 0.6 is 0 Å². The van der Waals surface area contributed by atoms with E-state index in [1.54, 1.807) is 0 Å². The van der Waals surface area contributed by atoms with Gasteiger partial charge in [0, 0.05) is 24.7 Å². The zero-order valence-corrected chi connectivity index (χ0v) is 20.6. The van der Waals surface area contributed by atoms with E-state index in [9.17, 15) is 19.8 Å². The highest BCUT2D eigenvalue weighted by molar-refractivity contribution is 5.80. The lowest BCUT2D eigenvalue weighted by Gasteiger charge is -2.44. The fourth-order valence-corrected chi connectivity index (χ4v) is 6.24. The highest BCUT2D eigenvalue weighted by atomic mass is 16.5. The second-order valence-corrected chi connectivity index (χ2v) is 10.5. The van der Waals surface area contributed by atoms with Gasteiger partial charge in [-0.3, -0.25) is 9.59 Å². The minimum atomic E-state index is -1.05. The minimum Gasteiger partial charge on any atom is -0.490 e. The van der Waals surface area contributed by atoms with Gasteiger partial charge in [0.25, 0.3) is 0 Å². The topological polar surface area (TPSA) is 90.3 Å². The zero-order valence-electron chi connectivity index (χ0n) is 20.6. The first-order valence-corrected chi connectivity index (χ1v) is 13.0. The van der Waals surface area contributed by atoms with Gasteiger partial charge in [-0.05, 0) is 71.0 Å². The Labute approximate surface area is 203 Å². The van der Waals surface area contributed by atoms with Crippen LogP contribution in [-0.2, 0) is 15.2 Å². The van der Waals surface area contributed by atoms with Crippen LogP contribution in [-0.4, -0.2) is 70.7 Å². The summed E-state index contributed by atoms with van der Waals surface area (Å²) in [6.45, 7) is 4.30. The molecule has 7 heteroatoms. The molecular weight excluding hydrogens is 432 g/mol. The highest BCUT2D eigenvalue weighted by Crippen LogP contribution is 2.40. The number of benzene rings is 1. The second-order valence-electron chi connectivity index (χ2n) is 10.5. The minimum absolute atomic E-state index is 0.0464. The summed E-state index contributed by atoms with van der Waals surface area (Å²) >= 11 is 0. The predicted molar refractivity (Wildman–Crippen MR) is 130 cm³/mol. The molecule has 2 N–H and O–H groups in total. The van der Waals surface area contributed by atoms with E-state index in [4.69, 9.17) is 4.74 Å². The van der Waals surface area contributed by atoms with E-state index in [0.717, 1.165) is 37.8 Å². The molecule has 0 aromatic heterocycles. The standard InChI is InChI=1S/C27H40N2O5/c1-3-7-23-21(8-6-15-28(23)2)25(30)29-16-13-27(33,14-17-29)22-9-4-5-10-24(22)34-20-12-11-19(18-20)26(31)32/h4-5,9-10,19-21,23,33H,3,6-8,11-18H2,1-2H3,(H,31,32). The summed E-state index contributed by atoms with van der Waals surface area (Å²) in [5, 5.41) is 20.9. The molecule has 1 aliphatic carbocycles. The number of hydrogen-bond acceptors (Lipinski definition) is 5. The average molecular weight is 473 g/mol. The van der Waals surface area contributed by atoms with Crippen LogP contribution in [0.2, 0.25) is 0 Å². The molecule has 1 amide bonds. The SMILES string of the molecule is CCCC1C(C(=O)N2CCC(O)(c3ccccc3OC3CCC(C(=O)O)C3)CC2)CCCN1C. The van der Waals surface area contributed by atoms with Gasteiger partial charge in [-0.1, -0.05) is 31.5 Å². The van der Waals surface area contributed by atoms with Crippen LogP contribution in [0.1, 0.15) is 70.3 Å². The molecular formula is C27H40N2O5. The van der Waals surface area contributed by atoms with Crippen LogP contribution in [0.5, 0.6) is 5.75 Å². The van der Waals surface area contributed by atoms with Gasteiger partial charge >= 0.3 is 5.97 Å². The molecule has 3 aliphatic rings. The molecule has 0 radical (unpaired) electrons. The molecule has 34 heavy (non-hydrogen) atoms. The molecule has 2 aliphatic heterocycles. The van der Waals surface area contributed by atoms with Crippen molar-refractivity contribution in [1.29, 1.82) is 0 Å². The molecule has 1 saturated carbocycles. The smallest absolute Gasteiger partial charge is 0.306 e. The average Bonchev–Trinajstić information content (AvgIpc) is 3.30. The Kier molecular flexibility index (Phi) is 7.83. The fraction of sp³-hybridized carbons (Fsp3) is 0.704. The van der Waals surface area contributed by atoms with E-state index in [1.165, 1.54) is 0 Å². The van der Waals surface area contributed by atoms with Crippen molar-refractivity contribution >= 4 is 11.9 Å². The van der Waals surface area contributed by atoms with Gasteiger partial charge < -0.3 is 24.7 Å². The molecule has 4 unspecified atom stereocenters. The number of aliphatic carboxylic acids is 1.